The van der Waals surface area contributed by atoms with Gasteiger partial charge in [0.1, 0.15) is 17.4 Å². The van der Waals surface area contributed by atoms with Crippen molar-refractivity contribution in [1.29, 1.82) is 5.26 Å². The Morgan fingerprint density at radius 1 is 1.58 bits per heavy atom. The van der Waals surface area contributed by atoms with Gasteiger partial charge in [-0.05, 0) is 18.6 Å². The molecule has 0 fully saturated rings. The molecule has 0 spiro atoms. The lowest BCUT2D eigenvalue weighted by Gasteiger charge is -2.07. The van der Waals surface area contributed by atoms with Gasteiger partial charge in [0.05, 0.1) is 12.8 Å². The maximum atomic E-state index is 13.3. The van der Waals surface area contributed by atoms with Crippen LogP contribution in [0.25, 0.3) is 0 Å². The molecule has 0 aliphatic carbocycles. The lowest BCUT2D eigenvalue weighted by Crippen LogP contribution is -2.08. The molecule has 0 saturated heterocycles. The number of hydrogen-bond donors (Lipinski definition) is 1. The van der Waals surface area contributed by atoms with Crippen LogP contribution in [0.1, 0.15) is 18.9 Å². The average molecular weight is 262 g/mol. The minimum absolute atomic E-state index is 0.0352. The van der Waals surface area contributed by atoms with E-state index in [0.29, 0.717) is 24.2 Å². The van der Waals surface area contributed by atoms with Crippen molar-refractivity contribution in [3.05, 3.63) is 41.2 Å². The van der Waals surface area contributed by atoms with Crippen molar-refractivity contribution in [3.63, 3.8) is 0 Å². The van der Waals surface area contributed by atoms with Crippen LogP contribution in [-0.4, -0.2) is 19.6 Å². The van der Waals surface area contributed by atoms with Crippen molar-refractivity contribution in [2.75, 3.05) is 19.0 Å². The van der Waals surface area contributed by atoms with E-state index < -0.39 is 5.82 Å². The number of carbonyl (C=O) groups is 1. The van der Waals surface area contributed by atoms with Gasteiger partial charge in [-0.3, -0.25) is 0 Å². The van der Waals surface area contributed by atoms with Gasteiger partial charge in [-0.15, -0.1) is 0 Å². The number of nitrogens with zero attached hydrogens (tertiary/aromatic N) is 1. The Morgan fingerprint density at radius 3 is 2.89 bits per heavy atom. The normalized spacial score (nSPS) is 10.7. The van der Waals surface area contributed by atoms with E-state index in [2.05, 4.69) is 10.1 Å². The number of methoxy groups -OCH3 is 1. The first kappa shape index (κ1) is 14.7. The van der Waals surface area contributed by atoms with E-state index >= 15 is 0 Å². The second kappa shape index (κ2) is 7.17. The van der Waals surface area contributed by atoms with Gasteiger partial charge < -0.3 is 10.1 Å². The predicted octanol–water partition coefficient (Wildman–Crippen LogP) is 2.62. The predicted molar refractivity (Wildman–Crippen MR) is 70.0 cm³/mol. The van der Waals surface area contributed by atoms with Crippen molar-refractivity contribution >= 4 is 11.7 Å². The fourth-order valence-corrected chi connectivity index (χ4v) is 1.57. The summed E-state index contributed by atoms with van der Waals surface area (Å²) < 4.78 is 18.0. The number of ether oxygens (including phenoxy) is 1. The standard InChI is InChI=1S/C14H15FN2O2/c1-3-10(14(18)19-2)7-8-17-13-6-4-5-12(15)11(13)9-16/h4-7,17H,3,8H2,1-2H3/b10-7-. The summed E-state index contributed by atoms with van der Waals surface area (Å²) in [5, 5.41) is 11.8. The minimum Gasteiger partial charge on any atom is -0.466 e. The van der Waals surface area contributed by atoms with Crippen molar-refractivity contribution in [3.8, 4) is 6.07 Å². The maximum Gasteiger partial charge on any atom is 0.333 e. The molecule has 0 aliphatic heterocycles. The van der Waals surface area contributed by atoms with Crippen LogP contribution in [0, 0.1) is 17.1 Å². The number of anilines is 1. The SMILES string of the molecule is CC/C(=C/CNc1cccc(F)c1C#N)C(=O)OC. The first-order valence-electron chi connectivity index (χ1n) is 5.83. The highest BCUT2D eigenvalue weighted by Gasteiger charge is 2.08. The Bertz CT molecular complexity index is 533. The number of rotatable bonds is 5. The highest BCUT2D eigenvalue weighted by atomic mass is 19.1. The number of esters is 1. The Morgan fingerprint density at radius 2 is 2.32 bits per heavy atom. The lowest BCUT2D eigenvalue weighted by atomic mass is 10.1. The molecular formula is C14H15FN2O2. The number of nitriles is 1. The highest BCUT2D eigenvalue weighted by Crippen LogP contribution is 2.17. The van der Waals surface area contributed by atoms with Gasteiger partial charge in [0.25, 0.3) is 0 Å². The molecule has 100 valence electrons. The maximum absolute atomic E-state index is 13.3. The van der Waals surface area contributed by atoms with Gasteiger partial charge in [-0.25, -0.2) is 9.18 Å². The zero-order chi connectivity index (χ0) is 14.3. The topological polar surface area (TPSA) is 62.1 Å². The Labute approximate surface area is 111 Å². The third-order valence-electron chi connectivity index (χ3n) is 2.59. The van der Waals surface area contributed by atoms with E-state index in [1.165, 1.54) is 19.2 Å². The molecule has 0 amide bonds. The summed E-state index contributed by atoms with van der Waals surface area (Å²) >= 11 is 0. The van der Waals surface area contributed by atoms with Gasteiger partial charge in [0.15, 0.2) is 0 Å². The molecule has 1 N–H and O–H groups in total. The van der Waals surface area contributed by atoms with Gasteiger partial charge in [0, 0.05) is 12.1 Å². The third-order valence-corrected chi connectivity index (χ3v) is 2.59. The van der Waals surface area contributed by atoms with Crippen molar-refractivity contribution < 1.29 is 13.9 Å². The Hall–Kier alpha value is -2.35. The summed E-state index contributed by atoms with van der Waals surface area (Å²) in [7, 11) is 1.32. The van der Waals surface area contributed by atoms with Crippen molar-refractivity contribution in [1.82, 2.24) is 0 Å². The first-order chi connectivity index (χ1) is 9.13. The number of carbonyl (C=O) groups excluding carboxylic acids is 1. The van der Waals surface area contributed by atoms with Crippen LogP contribution in [-0.2, 0) is 9.53 Å². The average Bonchev–Trinajstić information content (AvgIpc) is 2.43. The molecule has 0 aromatic heterocycles. The fraction of sp³-hybridized carbons (Fsp3) is 0.286. The van der Waals surface area contributed by atoms with Crippen LogP contribution in [0.15, 0.2) is 29.8 Å². The van der Waals surface area contributed by atoms with E-state index in [4.69, 9.17) is 5.26 Å². The third kappa shape index (κ3) is 3.81. The Balaban J connectivity index is 2.78. The molecule has 1 rings (SSSR count). The molecule has 1 aromatic rings. The quantitative estimate of drug-likeness (QED) is 0.654. The van der Waals surface area contributed by atoms with Crippen molar-refractivity contribution in [2.45, 2.75) is 13.3 Å². The molecule has 0 atom stereocenters. The van der Waals surface area contributed by atoms with Gasteiger partial charge in [0.2, 0.25) is 0 Å². The summed E-state index contributed by atoms with van der Waals surface area (Å²) in [6, 6.07) is 6.16. The van der Waals surface area contributed by atoms with Gasteiger partial charge in [-0.2, -0.15) is 5.26 Å². The van der Waals surface area contributed by atoms with Gasteiger partial charge >= 0.3 is 5.97 Å². The number of hydrogen-bond acceptors (Lipinski definition) is 4. The molecule has 5 heteroatoms. The molecule has 0 bridgehead atoms. The van der Waals surface area contributed by atoms with E-state index in [0.717, 1.165) is 0 Å². The lowest BCUT2D eigenvalue weighted by molar-refractivity contribution is -0.136. The van der Waals surface area contributed by atoms with Crippen LogP contribution in [0.3, 0.4) is 0 Å². The summed E-state index contributed by atoms with van der Waals surface area (Å²) in [5.41, 5.74) is 0.899. The smallest absolute Gasteiger partial charge is 0.333 e. The monoisotopic (exact) mass is 262 g/mol. The second-order valence-electron chi connectivity index (χ2n) is 3.73. The molecule has 1 aromatic carbocycles. The zero-order valence-corrected chi connectivity index (χ0v) is 10.9. The Kier molecular flexibility index (Phi) is 5.55. The largest absolute Gasteiger partial charge is 0.466 e. The van der Waals surface area contributed by atoms with E-state index in [1.807, 2.05) is 6.92 Å². The molecule has 0 aliphatic rings. The second-order valence-corrected chi connectivity index (χ2v) is 3.73. The van der Waals surface area contributed by atoms with Crippen molar-refractivity contribution in [2.24, 2.45) is 0 Å². The summed E-state index contributed by atoms with van der Waals surface area (Å²) in [6.07, 6.45) is 2.21. The molecule has 0 heterocycles. The molecule has 0 radical (unpaired) electrons. The summed E-state index contributed by atoms with van der Waals surface area (Å²) in [6.45, 7) is 2.15. The van der Waals surface area contributed by atoms with E-state index in [9.17, 15) is 9.18 Å². The van der Waals surface area contributed by atoms with Crippen LogP contribution in [0.2, 0.25) is 0 Å². The molecule has 0 saturated carbocycles. The molecule has 19 heavy (non-hydrogen) atoms. The van der Waals surface area contributed by atoms with E-state index in [-0.39, 0.29) is 11.5 Å². The number of nitrogens with one attached hydrogen (secondary N) is 1. The van der Waals surface area contributed by atoms with Crippen LogP contribution in [0.4, 0.5) is 10.1 Å². The van der Waals surface area contributed by atoms with Crippen LogP contribution in [0.5, 0.6) is 0 Å². The van der Waals surface area contributed by atoms with Crippen LogP contribution < -0.4 is 5.32 Å². The summed E-state index contributed by atoms with van der Waals surface area (Å²) in [5.74, 6) is -0.954. The summed E-state index contributed by atoms with van der Waals surface area (Å²) in [4.78, 5) is 11.3. The van der Waals surface area contributed by atoms with Crippen LogP contribution >= 0.6 is 0 Å². The minimum atomic E-state index is -0.569. The van der Waals surface area contributed by atoms with Gasteiger partial charge in [-0.1, -0.05) is 19.1 Å². The highest BCUT2D eigenvalue weighted by molar-refractivity contribution is 5.88. The molecule has 4 nitrogen and oxygen atoms in total. The van der Waals surface area contributed by atoms with E-state index in [1.54, 1.807) is 18.2 Å². The molecular weight excluding hydrogens is 247 g/mol. The number of benzene rings is 1. The number of halogens is 1. The first-order valence-corrected chi connectivity index (χ1v) is 5.83. The zero-order valence-electron chi connectivity index (χ0n) is 10.9. The fourth-order valence-electron chi connectivity index (χ4n) is 1.57. The molecule has 0 unspecified atom stereocenters.